The van der Waals surface area contributed by atoms with E-state index in [1.165, 1.54) is 12.2 Å². The summed E-state index contributed by atoms with van der Waals surface area (Å²) in [6.07, 6.45) is 4.65. The Morgan fingerprint density at radius 1 is 1.30 bits per heavy atom. The minimum Gasteiger partial charge on any atom is -0.390 e. The fourth-order valence-electron chi connectivity index (χ4n) is 6.80. The van der Waals surface area contributed by atoms with Crippen molar-refractivity contribution in [3.63, 3.8) is 0 Å². The fraction of sp³-hybridized carbons (Fsp3) is 0.714. The number of Topliss-reactive ketones (excluding diaryl/α,β-unsaturated/α-hetero) is 1. The summed E-state index contributed by atoms with van der Waals surface area (Å²) in [7, 11) is 0. The molecule has 3 saturated carbocycles. The van der Waals surface area contributed by atoms with Crippen LogP contribution in [-0.2, 0) is 9.59 Å². The van der Waals surface area contributed by atoms with E-state index in [9.17, 15) is 24.9 Å². The van der Waals surface area contributed by atoms with Crippen LogP contribution >= 0.6 is 0 Å². The lowest BCUT2D eigenvalue weighted by molar-refractivity contribution is -0.217. The highest BCUT2D eigenvalue weighted by Crippen LogP contribution is 2.69. The summed E-state index contributed by atoms with van der Waals surface area (Å²) in [5, 5.41) is 31.5. The SMILES string of the molecule is C[C@]12C=CC(=O)C=C1CC[C@H]1[C@@H]3CC[C@](O)(C(=O)CO)[C@@]3(C)C[C@@H](O)[C@@]12F. The van der Waals surface area contributed by atoms with Crippen molar-refractivity contribution in [2.45, 2.75) is 63.3 Å². The summed E-state index contributed by atoms with van der Waals surface area (Å²) in [6.45, 7) is 2.71. The number of ketones is 2. The van der Waals surface area contributed by atoms with E-state index in [-0.39, 0.29) is 24.5 Å². The predicted octanol–water partition coefficient (Wildman–Crippen LogP) is 1.65. The number of carbonyl (C=O) groups is 2. The van der Waals surface area contributed by atoms with Crippen LogP contribution in [0.25, 0.3) is 0 Å². The van der Waals surface area contributed by atoms with E-state index in [0.717, 1.165) is 0 Å². The Balaban J connectivity index is 1.81. The molecule has 4 aliphatic carbocycles. The normalized spacial score (nSPS) is 51.3. The quantitative estimate of drug-likeness (QED) is 0.679. The zero-order valence-corrected chi connectivity index (χ0v) is 15.7. The van der Waals surface area contributed by atoms with E-state index in [1.54, 1.807) is 19.9 Å². The van der Waals surface area contributed by atoms with Gasteiger partial charge in [0.2, 0.25) is 0 Å². The molecule has 0 aromatic rings. The number of aliphatic hydroxyl groups is 3. The van der Waals surface area contributed by atoms with E-state index in [1.807, 2.05) is 0 Å². The van der Waals surface area contributed by atoms with Crippen LogP contribution in [-0.4, -0.2) is 50.9 Å². The Labute approximate surface area is 158 Å². The number of hydrogen-bond donors (Lipinski definition) is 3. The number of hydrogen-bond acceptors (Lipinski definition) is 5. The maximum absolute atomic E-state index is 16.7. The molecule has 0 unspecified atom stereocenters. The van der Waals surface area contributed by atoms with Crippen LogP contribution in [0.3, 0.4) is 0 Å². The van der Waals surface area contributed by atoms with Gasteiger partial charge in [-0.15, -0.1) is 0 Å². The smallest absolute Gasteiger partial charge is 0.190 e. The topological polar surface area (TPSA) is 94.8 Å². The summed E-state index contributed by atoms with van der Waals surface area (Å²) in [4.78, 5) is 24.1. The number of halogens is 1. The molecule has 0 aliphatic heterocycles. The zero-order chi connectivity index (χ0) is 19.8. The highest BCUT2D eigenvalue weighted by molar-refractivity contribution is 6.01. The van der Waals surface area contributed by atoms with Crippen molar-refractivity contribution in [1.29, 1.82) is 0 Å². The molecular weight excluding hydrogens is 351 g/mol. The Hall–Kier alpha value is -1.37. The van der Waals surface area contributed by atoms with Gasteiger partial charge in [0.15, 0.2) is 17.2 Å². The average Bonchev–Trinajstić information content (AvgIpc) is 2.88. The standard InChI is InChI=1S/C21H27FO5/c1-18-7-5-13(24)9-12(18)3-4-15-14-6-8-20(27,17(26)11-23)19(14,2)10-16(25)21(15,18)22/h5,7,9,14-16,23,25,27H,3-4,6,8,10-11H2,1-2H3/t14-,15-,16+,18-,19-,20-,21-/m0/s1. The number of rotatable bonds is 2. The lowest BCUT2D eigenvalue weighted by atomic mass is 9.44. The van der Waals surface area contributed by atoms with Gasteiger partial charge in [0.05, 0.1) is 6.10 Å². The zero-order valence-electron chi connectivity index (χ0n) is 15.7. The maximum Gasteiger partial charge on any atom is 0.190 e. The fourth-order valence-corrected chi connectivity index (χ4v) is 6.80. The molecular formula is C21H27FO5. The van der Waals surface area contributed by atoms with Gasteiger partial charge in [-0.25, -0.2) is 4.39 Å². The first kappa shape index (κ1) is 19.0. The van der Waals surface area contributed by atoms with Gasteiger partial charge in [-0.3, -0.25) is 9.59 Å². The van der Waals surface area contributed by atoms with E-state index < -0.39 is 46.5 Å². The average molecular weight is 378 g/mol. The number of aliphatic hydroxyl groups excluding tert-OH is 2. The van der Waals surface area contributed by atoms with Gasteiger partial charge in [0.1, 0.15) is 12.2 Å². The predicted molar refractivity (Wildman–Crippen MR) is 95.4 cm³/mol. The van der Waals surface area contributed by atoms with Gasteiger partial charge >= 0.3 is 0 Å². The highest BCUT2D eigenvalue weighted by atomic mass is 19.1. The molecule has 0 radical (unpaired) electrons. The first-order valence-corrected chi connectivity index (χ1v) is 9.72. The van der Waals surface area contributed by atoms with Gasteiger partial charge in [-0.05, 0) is 57.1 Å². The third-order valence-electron chi connectivity index (χ3n) is 8.40. The molecule has 0 aromatic heterocycles. The van der Waals surface area contributed by atoms with E-state index in [4.69, 9.17) is 0 Å². The molecule has 0 heterocycles. The van der Waals surface area contributed by atoms with Crippen molar-refractivity contribution in [3.05, 3.63) is 23.8 Å². The van der Waals surface area contributed by atoms with Crippen molar-refractivity contribution in [2.24, 2.45) is 22.7 Å². The van der Waals surface area contributed by atoms with Gasteiger partial charge in [0, 0.05) is 16.7 Å². The molecule has 4 rings (SSSR count). The van der Waals surface area contributed by atoms with Crippen molar-refractivity contribution in [3.8, 4) is 0 Å². The lowest BCUT2D eigenvalue weighted by Gasteiger charge is -2.62. The number of allylic oxidation sites excluding steroid dienone is 4. The van der Waals surface area contributed by atoms with Crippen molar-refractivity contribution in [2.75, 3.05) is 6.61 Å². The van der Waals surface area contributed by atoms with E-state index >= 15 is 4.39 Å². The Morgan fingerprint density at radius 2 is 2.00 bits per heavy atom. The lowest BCUT2D eigenvalue weighted by Crippen LogP contribution is -2.69. The summed E-state index contributed by atoms with van der Waals surface area (Å²) >= 11 is 0. The molecule has 6 heteroatoms. The molecule has 148 valence electrons. The van der Waals surface area contributed by atoms with Crippen LogP contribution in [0.5, 0.6) is 0 Å². The van der Waals surface area contributed by atoms with Crippen LogP contribution in [0.1, 0.15) is 46.0 Å². The molecule has 4 aliphatic rings. The van der Waals surface area contributed by atoms with Gasteiger partial charge in [-0.2, -0.15) is 0 Å². The van der Waals surface area contributed by atoms with Crippen molar-refractivity contribution < 1.29 is 29.3 Å². The second kappa shape index (κ2) is 5.58. The first-order valence-electron chi connectivity index (χ1n) is 9.72. The minimum atomic E-state index is -1.97. The number of carbonyl (C=O) groups excluding carboxylic acids is 2. The number of fused-ring (bicyclic) bond motifs is 5. The van der Waals surface area contributed by atoms with Gasteiger partial charge < -0.3 is 15.3 Å². The highest BCUT2D eigenvalue weighted by Gasteiger charge is 2.73. The van der Waals surface area contributed by atoms with Crippen LogP contribution in [0, 0.1) is 22.7 Å². The summed E-state index contributed by atoms with van der Waals surface area (Å²) < 4.78 is 16.7. The molecule has 0 saturated heterocycles. The molecule has 0 amide bonds. The first-order chi connectivity index (χ1) is 12.5. The summed E-state index contributed by atoms with van der Waals surface area (Å²) in [5.41, 5.74) is -5.07. The Bertz CT molecular complexity index is 775. The van der Waals surface area contributed by atoms with Crippen LogP contribution in [0.4, 0.5) is 4.39 Å². The van der Waals surface area contributed by atoms with Crippen molar-refractivity contribution >= 4 is 11.6 Å². The monoisotopic (exact) mass is 378 g/mol. The van der Waals surface area contributed by atoms with Gasteiger partial charge in [-0.1, -0.05) is 18.6 Å². The molecule has 5 nitrogen and oxygen atoms in total. The maximum atomic E-state index is 16.7. The second-order valence-electron chi connectivity index (χ2n) is 9.24. The second-order valence-corrected chi connectivity index (χ2v) is 9.24. The third-order valence-corrected chi connectivity index (χ3v) is 8.40. The van der Waals surface area contributed by atoms with Crippen molar-refractivity contribution in [1.82, 2.24) is 0 Å². The van der Waals surface area contributed by atoms with Crippen LogP contribution in [0.2, 0.25) is 0 Å². The molecule has 0 aromatic carbocycles. The molecule has 27 heavy (non-hydrogen) atoms. The molecule has 7 atom stereocenters. The third kappa shape index (κ3) is 2.04. The Kier molecular flexibility index (Phi) is 3.92. The molecule has 0 spiro atoms. The minimum absolute atomic E-state index is 0.0580. The largest absolute Gasteiger partial charge is 0.390 e. The molecule has 0 bridgehead atoms. The molecule has 3 fully saturated rings. The molecule has 3 N–H and O–H groups in total. The number of alkyl halides is 1. The Morgan fingerprint density at radius 3 is 2.67 bits per heavy atom. The summed E-state index contributed by atoms with van der Waals surface area (Å²) in [6, 6.07) is 0. The van der Waals surface area contributed by atoms with E-state index in [0.29, 0.717) is 24.8 Å². The van der Waals surface area contributed by atoms with Gasteiger partial charge in [0.25, 0.3) is 0 Å². The summed E-state index contributed by atoms with van der Waals surface area (Å²) in [5.74, 6) is -1.64. The van der Waals surface area contributed by atoms with Crippen LogP contribution < -0.4 is 0 Å². The van der Waals surface area contributed by atoms with Crippen LogP contribution in [0.15, 0.2) is 23.8 Å². The van der Waals surface area contributed by atoms with E-state index in [2.05, 4.69) is 0 Å².